The molecule has 1 aromatic rings. The molecule has 15 heavy (non-hydrogen) atoms. The maximum absolute atomic E-state index is 11.9. The average molecular weight is 285 g/mol. The number of nitrogens with zero attached hydrogens (tertiary/aromatic N) is 1. The van der Waals surface area contributed by atoms with Gasteiger partial charge in [-0.05, 0) is 22.0 Å². The van der Waals surface area contributed by atoms with E-state index in [1.54, 1.807) is 0 Å². The number of ether oxygens (including phenoxy) is 1. The van der Waals surface area contributed by atoms with E-state index < -0.39 is 18.0 Å². The molecule has 0 bridgehead atoms. The third-order valence-corrected chi connectivity index (χ3v) is 1.91. The monoisotopic (exact) mass is 284 g/mol. The van der Waals surface area contributed by atoms with Crippen LogP contribution in [0.2, 0.25) is 0 Å². The summed E-state index contributed by atoms with van der Waals surface area (Å²) in [6.45, 7) is 0. The van der Waals surface area contributed by atoms with Crippen LogP contribution >= 0.6 is 15.9 Å². The van der Waals surface area contributed by atoms with Crippen molar-refractivity contribution in [3.05, 3.63) is 22.4 Å². The summed E-state index contributed by atoms with van der Waals surface area (Å²) < 4.78 is 39.0. The van der Waals surface area contributed by atoms with Crippen molar-refractivity contribution in [2.45, 2.75) is 6.36 Å². The fraction of sp³-hybridized carbons (Fsp3) is 0.143. The summed E-state index contributed by atoms with van der Waals surface area (Å²) in [6, 6.07) is 0.854. The Morgan fingerprint density at radius 2 is 2.13 bits per heavy atom. The van der Waals surface area contributed by atoms with Crippen molar-refractivity contribution < 1.29 is 22.7 Å². The standard InChI is InChI=1S/C7H4BrF3N2O2/c8-5-4(15-7(9,10)11)1-3(2-13-5)6(12)14/h1-2H,(H2,12,14). The van der Waals surface area contributed by atoms with Crippen LogP contribution in [0.3, 0.4) is 0 Å². The minimum atomic E-state index is -4.85. The lowest BCUT2D eigenvalue weighted by atomic mass is 10.3. The van der Waals surface area contributed by atoms with E-state index in [1.165, 1.54) is 0 Å². The van der Waals surface area contributed by atoms with Crippen molar-refractivity contribution in [2.24, 2.45) is 5.73 Å². The number of primary amides is 1. The Balaban J connectivity index is 3.06. The molecule has 1 rings (SSSR count). The Bertz CT molecular complexity index is 394. The topological polar surface area (TPSA) is 65.2 Å². The second kappa shape index (κ2) is 4.05. The van der Waals surface area contributed by atoms with Gasteiger partial charge in [-0.3, -0.25) is 4.79 Å². The third kappa shape index (κ3) is 3.39. The summed E-state index contributed by atoms with van der Waals surface area (Å²) in [5.41, 5.74) is 4.70. The van der Waals surface area contributed by atoms with Crippen molar-refractivity contribution in [3.63, 3.8) is 0 Å². The molecule has 0 fully saturated rings. The quantitative estimate of drug-likeness (QED) is 0.843. The van der Waals surface area contributed by atoms with E-state index in [1.807, 2.05) is 0 Å². The Morgan fingerprint density at radius 3 is 2.60 bits per heavy atom. The van der Waals surface area contributed by atoms with E-state index in [2.05, 4.69) is 25.7 Å². The van der Waals surface area contributed by atoms with E-state index in [0.29, 0.717) is 0 Å². The number of carbonyl (C=O) groups excluding carboxylic acids is 1. The first-order valence-electron chi connectivity index (χ1n) is 3.50. The predicted molar refractivity (Wildman–Crippen MR) is 47.1 cm³/mol. The zero-order chi connectivity index (χ0) is 11.6. The van der Waals surface area contributed by atoms with Crippen LogP contribution in [0.25, 0.3) is 0 Å². The second-order valence-electron chi connectivity index (χ2n) is 2.42. The Morgan fingerprint density at radius 1 is 1.53 bits per heavy atom. The largest absolute Gasteiger partial charge is 0.573 e. The molecule has 0 aliphatic heterocycles. The molecule has 0 atom stereocenters. The fourth-order valence-electron chi connectivity index (χ4n) is 0.759. The highest BCUT2D eigenvalue weighted by Crippen LogP contribution is 2.29. The van der Waals surface area contributed by atoms with Gasteiger partial charge in [-0.15, -0.1) is 13.2 Å². The molecule has 0 spiro atoms. The summed E-state index contributed by atoms with van der Waals surface area (Å²) in [5.74, 6) is -1.50. The zero-order valence-corrected chi connectivity index (χ0v) is 8.59. The molecule has 0 aromatic carbocycles. The van der Waals surface area contributed by atoms with Gasteiger partial charge in [0.05, 0.1) is 5.56 Å². The van der Waals surface area contributed by atoms with Gasteiger partial charge in [-0.1, -0.05) is 0 Å². The molecule has 4 nitrogen and oxygen atoms in total. The van der Waals surface area contributed by atoms with Gasteiger partial charge in [0.2, 0.25) is 5.91 Å². The molecule has 1 aromatic heterocycles. The molecule has 0 aliphatic carbocycles. The van der Waals surface area contributed by atoms with Gasteiger partial charge in [0.15, 0.2) is 5.75 Å². The van der Waals surface area contributed by atoms with Gasteiger partial charge in [-0.25, -0.2) is 4.98 Å². The lowest BCUT2D eigenvalue weighted by molar-refractivity contribution is -0.275. The van der Waals surface area contributed by atoms with Crippen LogP contribution in [0.1, 0.15) is 10.4 Å². The summed E-state index contributed by atoms with van der Waals surface area (Å²) >= 11 is 2.74. The van der Waals surface area contributed by atoms with Gasteiger partial charge in [0, 0.05) is 6.20 Å². The Hall–Kier alpha value is -1.31. The third-order valence-electron chi connectivity index (χ3n) is 1.32. The number of alkyl halides is 3. The number of hydrogen-bond acceptors (Lipinski definition) is 3. The normalized spacial score (nSPS) is 11.2. The molecule has 0 saturated carbocycles. The first-order chi connectivity index (χ1) is 6.79. The van der Waals surface area contributed by atoms with Crippen molar-refractivity contribution in [3.8, 4) is 5.75 Å². The van der Waals surface area contributed by atoms with Crippen LogP contribution in [0, 0.1) is 0 Å². The first-order valence-corrected chi connectivity index (χ1v) is 4.30. The number of carbonyl (C=O) groups is 1. The second-order valence-corrected chi connectivity index (χ2v) is 3.18. The van der Waals surface area contributed by atoms with Crippen LogP contribution in [-0.2, 0) is 0 Å². The molecular formula is C7H4BrF3N2O2. The number of hydrogen-bond donors (Lipinski definition) is 1. The number of pyridine rings is 1. The first kappa shape index (κ1) is 11.8. The van der Waals surface area contributed by atoms with E-state index in [4.69, 9.17) is 5.73 Å². The molecule has 0 radical (unpaired) electrons. The molecule has 0 aliphatic rings. The van der Waals surface area contributed by atoms with Crippen LogP contribution in [0.4, 0.5) is 13.2 Å². The van der Waals surface area contributed by atoms with Gasteiger partial charge in [0.25, 0.3) is 0 Å². The van der Waals surface area contributed by atoms with Crippen molar-refractivity contribution in [1.29, 1.82) is 0 Å². The summed E-state index contributed by atoms with van der Waals surface area (Å²) in [6.07, 6.45) is -3.81. The highest BCUT2D eigenvalue weighted by atomic mass is 79.9. The van der Waals surface area contributed by atoms with E-state index in [9.17, 15) is 18.0 Å². The molecule has 0 saturated heterocycles. The maximum Gasteiger partial charge on any atom is 0.573 e. The molecule has 1 heterocycles. The fourth-order valence-corrected chi connectivity index (χ4v) is 1.06. The lowest BCUT2D eigenvalue weighted by Crippen LogP contribution is -2.19. The molecule has 2 N–H and O–H groups in total. The van der Waals surface area contributed by atoms with Crippen molar-refractivity contribution in [2.75, 3.05) is 0 Å². The average Bonchev–Trinajstić information content (AvgIpc) is 2.06. The SMILES string of the molecule is NC(=O)c1cnc(Br)c(OC(F)(F)F)c1. The minimum absolute atomic E-state index is 0.162. The van der Waals surface area contributed by atoms with Crippen LogP contribution in [0.5, 0.6) is 5.75 Å². The van der Waals surface area contributed by atoms with E-state index >= 15 is 0 Å². The number of nitrogens with two attached hydrogens (primary N) is 1. The highest BCUT2D eigenvalue weighted by molar-refractivity contribution is 9.10. The predicted octanol–water partition coefficient (Wildman–Crippen LogP) is 1.84. The molecule has 82 valence electrons. The zero-order valence-electron chi connectivity index (χ0n) is 7.01. The number of amides is 1. The minimum Gasteiger partial charge on any atom is -0.403 e. The number of rotatable bonds is 2. The number of halogens is 4. The van der Waals surface area contributed by atoms with Crippen LogP contribution in [0.15, 0.2) is 16.9 Å². The highest BCUT2D eigenvalue weighted by Gasteiger charge is 2.32. The van der Waals surface area contributed by atoms with E-state index in [-0.39, 0.29) is 10.2 Å². The van der Waals surface area contributed by atoms with Gasteiger partial charge in [-0.2, -0.15) is 0 Å². The van der Waals surface area contributed by atoms with Crippen LogP contribution < -0.4 is 10.5 Å². The Kier molecular flexibility index (Phi) is 3.18. The van der Waals surface area contributed by atoms with E-state index in [0.717, 1.165) is 12.3 Å². The molecular weight excluding hydrogens is 281 g/mol. The van der Waals surface area contributed by atoms with Gasteiger partial charge >= 0.3 is 6.36 Å². The van der Waals surface area contributed by atoms with Crippen molar-refractivity contribution in [1.82, 2.24) is 4.98 Å². The summed E-state index contributed by atoms with van der Waals surface area (Å²) in [7, 11) is 0. The molecule has 8 heteroatoms. The lowest BCUT2D eigenvalue weighted by Gasteiger charge is -2.10. The smallest absolute Gasteiger partial charge is 0.403 e. The van der Waals surface area contributed by atoms with Gasteiger partial charge < -0.3 is 10.5 Å². The number of aromatic nitrogens is 1. The Labute approximate surface area is 90.4 Å². The van der Waals surface area contributed by atoms with Crippen LogP contribution in [-0.4, -0.2) is 17.3 Å². The summed E-state index contributed by atoms with van der Waals surface area (Å²) in [5, 5.41) is 0. The summed E-state index contributed by atoms with van der Waals surface area (Å²) in [4.78, 5) is 14.1. The maximum atomic E-state index is 11.9. The molecule has 0 unspecified atom stereocenters. The van der Waals surface area contributed by atoms with Gasteiger partial charge in [0.1, 0.15) is 4.60 Å². The molecule has 1 amide bonds. The van der Waals surface area contributed by atoms with Crippen molar-refractivity contribution >= 4 is 21.8 Å².